The maximum Gasteiger partial charge on any atom is 0.224 e. The molecule has 5 rings (SSSR count). The summed E-state index contributed by atoms with van der Waals surface area (Å²) < 4.78 is 10.4. The van der Waals surface area contributed by atoms with E-state index in [1.807, 2.05) is 24.8 Å². The Labute approximate surface area is 297 Å². The molecule has 4 aromatic rings. The number of rotatable bonds is 18. The van der Waals surface area contributed by atoms with E-state index < -0.39 is 10.7 Å². The molecule has 0 spiro atoms. The maximum absolute atomic E-state index is 13.9. The number of fused-ring (bicyclic) bond motifs is 1. The van der Waals surface area contributed by atoms with Crippen LogP contribution in [0.5, 0.6) is 0 Å². The lowest BCUT2D eigenvalue weighted by molar-refractivity contribution is -0.132. The van der Waals surface area contributed by atoms with Gasteiger partial charge in [-0.05, 0) is 78.5 Å². The molecule has 1 unspecified atom stereocenters. The molecular formula is C43H51NO4S. The summed E-state index contributed by atoms with van der Waals surface area (Å²) in [6.07, 6.45) is 5.64. The number of carbonyl (C=O) groups excluding carboxylic acids is 2. The summed E-state index contributed by atoms with van der Waals surface area (Å²) in [6, 6.07) is 40.3. The van der Waals surface area contributed by atoms with Gasteiger partial charge in [0.15, 0.2) is 6.29 Å². The number of aryl methyl sites for hydroxylation is 1. The molecule has 0 bridgehead atoms. The number of benzene rings is 4. The highest BCUT2D eigenvalue weighted by molar-refractivity contribution is 8.00. The second kappa shape index (κ2) is 18.3. The molecule has 5 nitrogen and oxygen atoms in total. The van der Waals surface area contributed by atoms with E-state index >= 15 is 0 Å². The lowest BCUT2D eigenvalue weighted by atomic mass is 9.84. The van der Waals surface area contributed by atoms with Crippen LogP contribution in [0.25, 0.3) is 0 Å². The van der Waals surface area contributed by atoms with Gasteiger partial charge in [-0.3, -0.25) is 9.59 Å². The Morgan fingerprint density at radius 3 is 1.90 bits per heavy atom. The van der Waals surface area contributed by atoms with Crippen molar-refractivity contribution < 1.29 is 19.1 Å². The standard InChI is InChI=1S/C43H51NO4S/c1-32(29-30-49-43(35-20-7-4-8-21-35,36-22-9-5-10-23-36)37-24-11-6-12-25-37)40(45)31-34(19-16-28-41(47-2)48-3)42(46)44-39-27-15-18-33-17-13-14-26-38(33)39/h4-14,17,20-26,32,34,39,41H,15-16,18-19,27-31H2,1-3H3,(H,44,46)/t32-,34?,39+/m0/s1. The van der Waals surface area contributed by atoms with E-state index in [0.717, 1.165) is 37.9 Å². The fourth-order valence-electron chi connectivity index (χ4n) is 7.14. The summed E-state index contributed by atoms with van der Waals surface area (Å²) in [5.74, 6) is 0.320. The van der Waals surface area contributed by atoms with Crippen molar-refractivity contribution in [2.75, 3.05) is 20.0 Å². The van der Waals surface area contributed by atoms with E-state index in [-0.39, 0.29) is 36.4 Å². The second-order valence-electron chi connectivity index (χ2n) is 13.2. The molecule has 0 saturated heterocycles. The number of hydrogen-bond acceptors (Lipinski definition) is 5. The first-order chi connectivity index (χ1) is 24.0. The van der Waals surface area contributed by atoms with Gasteiger partial charge in [0.05, 0.1) is 10.8 Å². The molecule has 1 aliphatic rings. The van der Waals surface area contributed by atoms with Crippen molar-refractivity contribution in [1.29, 1.82) is 0 Å². The van der Waals surface area contributed by atoms with Crippen LogP contribution in [0.4, 0.5) is 0 Å². The van der Waals surface area contributed by atoms with Crippen LogP contribution in [0.15, 0.2) is 115 Å². The van der Waals surface area contributed by atoms with E-state index in [4.69, 9.17) is 9.47 Å². The Morgan fingerprint density at radius 1 is 0.776 bits per heavy atom. The molecular weight excluding hydrogens is 627 g/mol. The third-order valence-corrected chi connectivity index (χ3v) is 11.6. The minimum absolute atomic E-state index is 0.0170. The van der Waals surface area contributed by atoms with E-state index in [9.17, 15) is 9.59 Å². The van der Waals surface area contributed by atoms with Gasteiger partial charge in [-0.15, -0.1) is 11.8 Å². The van der Waals surface area contributed by atoms with Gasteiger partial charge in [-0.25, -0.2) is 0 Å². The molecule has 0 radical (unpaired) electrons. The van der Waals surface area contributed by atoms with E-state index in [2.05, 4.69) is 115 Å². The lowest BCUT2D eigenvalue weighted by Gasteiger charge is -2.36. The molecule has 49 heavy (non-hydrogen) atoms. The molecule has 0 fully saturated rings. The first kappa shape index (κ1) is 36.6. The number of thioether (sulfide) groups is 1. The van der Waals surface area contributed by atoms with Crippen molar-refractivity contribution >= 4 is 23.5 Å². The number of methoxy groups -OCH3 is 2. The van der Waals surface area contributed by atoms with Gasteiger partial charge in [0.2, 0.25) is 5.91 Å². The molecule has 1 amide bonds. The van der Waals surface area contributed by atoms with Crippen molar-refractivity contribution in [1.82, 2.24) is 5.32 Å². The number of Topliss-reactive ketones (excluding diaryl/α,β-unsaturated/α-hetero) is 1. The average molecular weight is 678 g/mol. The van der Waals surface area contributed by atoms with Crippen molar-refractivity contribution in [3.63, 3.8) is 0 Å². The molecule has 0 heterocycles. The SMILES string of the molecule is COC(CCCC(CC(=O)[C@@H](C)CCSC(c1ccccc1)(c1ccccc1)c1ccccc1)C(=O)N[C@@H]1CCCc2ccccc21)OC. The molecule has 1 aliphatic carbocycles. The zero-order valence-electron chi connectivity index (χ0n) is 29.2. The van der Waals surface area contributed by atoms with Gasteiger partial charge in [-0.1, -0.05) is 122 Å². The van der Waals surface area contributed by atoms with Gasteiger partial charge in [0, 0.05) is 32.5 Å². The fourth-order valence-corrected chi connectivity index (χ4v) is 8.83. The van der Waals surface area contributed by atoms with Crippen LogP contribution in [-0.2, 0) is 30.2 Å². The number of carbonyl (C=O) groups is 2. The Kier molecular flexibility index (Phi) is 13.7. The summed E-state index contributed by atoms with van der Waals surface area (Å²) in [5.41, 5.74) is 6.14. The van der Waals surface area contributed by atoms with Gasteiger partial charge >= 0.3 is 0 Å². The van der Waals surface area contributed by atoms with Crippen LogP contribution in [0.1, 0.15) is 85.7 Å². The molecule has 258 valence electrons. The lowest BCUT2D eigenvalue weighted by Crippen LogP contribution is -2.37. The smallest absolute Gasteiger partial charge is 0.224 e. The van der Waals surface area contributed by atoms with Crippen LogP contribution < -0.4 is 5.32 Å². The van der Waals surface area contributed by atoms with Crippen molar-refractivity contribution in [2.24, 2.45) is 11.8 Å². The molecule has 6 heteroatoms. The summed E-state index contributed by atoms with van der Waals surface area (Å²) in [4.78, 5) is 27.8. The van der Waals surface area contributed by atoms with Gasteiger partial charge < -0.3 is 14.8 Å². The summed E-state index contributed by atoms with van der Waals surface area (Å²) in [5, 5.41) is 3.35. The topological polar surface area (TPSA) is 64.6 Å². The second-order valence-corrected chi connectivity index (χ2v) is 14.5. The third-order valence-electron chi connectivity index (χ3n) is 9.98. The monoisotopic (exact) mass is 677 g/mol. The van der Waals surface area contributed by atoms with Crippen molar-refractivity contribution in [3.8, 4) is 0 Å². The number of hydrogen-bond donors (Lipinski definition) is 1. The molecule has 1 N–H and O–H groups in total. The minimum atomic E-state index is -0.426. The Morgan fingerprint density at radius 2 is 1.33 bits per heavy atom. The highest BCUT2D eigenvalue weighted by Crippen LogP contribution is 2.49. The van der Waals surface area contributed by atoms with Crippen LogP contribution in [0, 0.1) is 11.8 Å². The number of ketones is 1. The summed E-state index contributed by atoms with van der Waals surface area (Å²) >= 11 is 1.88. The zero-order chi connectivity index (χ0) is 34.5. The van der Waals surface area contributed by atoms with Crippen molar-refractivity contribution in [3.05, 3.63) is 143 Å². The highest BCUT2D eigenvalue weighted by atomic mass is 32.2. The number of nitrogens with one attached hydrogen (secondary N) is 1. The zero-order valence-corrected chi connectivity index (χ0v) is 30.0. The molecule has 3 atom stereocenters. The predicted molar refractivity (Wildman–Crippen MR) is 200 cm³/mol. The number of ether oxygens (including phenoxy) is 2. The fraction of sp³-hybridized carbons (Fsp3) is 0.395. The summed E-state index contributed by atoms with van der Waals surface area (Å²) in [6.45, 7) is 2.02. The largest absolute Gasteiger partial charge is 0.356 e. The Hall–Kier alpha value is -3.71. The molecule has 0 aliphatic heterocycles. The predicted octanol–water partition coefficient (Wildman–Crippen LogP) is 9.30. The average Bonchev–Trinajstić information content (AvgIpc) is 3.15. The van der Waals surface area contributed by atoms with E-state index in [1.165, 1.54) is 27.8 Å². The third kappa shape index (κ3) is 9.30. The molecule has 4 aromatic carbocycles. The van der Waals surface area contributed by atoms with E-state index in [0.29, 0.717) is 12.8 Å². The maximum atomic E-state index is 13.9. The van der Waals surface area contributed by atoms with Crippen molar-refractivity contribution in [2.45, 2.75) is 75.4 Å². The van der Waals surface area contributed by atoms with Gasteiger partial charge in [0.25, 0.3) is 0 Å². The highest BCUT2D eigenvalue weighted by Gasteiger charge is 2.37. The first-order valence-corrected chi connectivity index (χ1v) is 18.7. The number of amides is 1. The molecule has 0 aromatic heterocycles. The summed E-state index contributed by atoms with van der Waals surface area (Å²) in [7, 11) is 3.26. The van der Waals surface area contributed by atoms with Crippen LogP contribution in [0.3, 0.4) is 0 Å². The van der Waals surface area contributed by atoms with Crippen LogP contribution in [0.2, 0.25) is 0 Å². The Bertz CT molecular complexity index is 1500. The van der Waals surface area contributed by atoms with E-state index in [1.54, 1.807) is 14.2 Å². The molecule has 0 saturated carbocycles. The quantitative estimate of drug-likeness (QED) is 0.0840. The normalized spacial score (nSPS) is 15.7. The Balaban J connectivity index is 1.30. The first-order valence-electron chi connectivity index (χ1n) is 17.7. The van der Waals surface area contributed by atoms with Crippen LogP contribution in [-0.4, -0.2) is 38.0 Å². The van der Waals surface area contributed by atoms with Gasteiger partial charge in [0.1, 0.15) is 5.78 Å². The van der Waals surface area contributed by atoms with Gasteiger partial charge in [-0.2, -0.15) is 0 Å². The minimum Gasteiger partial charge on any atom is -0.356 e. The van der Waals surface area contributed by atoms with Crippen LogP contribution >= 0.6 is 11.8 Å².